The Kier molecular flexibility index (Phi) is 5.06. The molecule has 21 heavy (non-hydrogen) atoms. The molecule has 1 unspecified atom stereocenters. The van der Waals surface area contributed by atoms with E-state index in [2.05, 4.69) is 10.3 Å². The van der Waals surface area contributed by atoms with Crippen molar-refractivity contribution in [3.8, 4) is 0 Å². The number of aromatic nitrogens is 1. The highest BCUT2D eigenvalue weighted by Gasteiger charge is 2.13. The fourth-order valence-corrected chi connectivity index (χ4v) is 2.12. The van der Waals surface area contributed by atoms with Gasteiger partial charge in [-0.2, -0.15) is 0 Å². The molecule has 2 aromatic rings. The lowest BCUT2D eigenvalue weighted by atomic mass is 10.1. The maximum absolute atomic E-state index is 12.2. The molecule has 0 aliphatic rings. The first kappa shape index (κ1) is 15.2. The fourth-order valence-electron chi connectivity index (χ4n) is 2.12. The average molecular weight is 284 g/mol. The van der Waals surface area contributed by atoms with Crippen molar-refractivity contribution in [1.82, 2.24) is 10.3 Å². The van der Waals surface area contributed by atoms with Gasteiger partial charge in [0.15, 0.2) is 0 Å². The van der Waals surface area contributed by atoms with Crippen molar-refractivity contribution < 1.29 is 9.90 Å². The number of rotatable bonds is 5. The summed E-state index contributed by atoms with van der Waals surface area (Å²) >= 11 is 0. The molecule has 0 radical (unpaired) electrons. The van der Waals surface area contributed by atoms with Gasteiger partial charge in [-0.3, -0.25) is 9.78 Å². The lowest BCUT2D eigenvalue weighted by Gasteiger charge is -2.13. The highest BCUT2D eigenvalue weighted by Crippen LogP contribution is 2.13. The van der Waals surface area contributed by atoms with Crippen LogP contribution in [-0.2, 0) is 6.42 Å². The SMILES string of the molecule is CCc1cnccc1C(=O)NCC(O)c1ccc(C)cc1. The first-order valence-electron chi connectivity index (χ1n) is 7.07. The standard InChI is InChI=1S/C17H20N2O2/c1-3-13-10-18-9-8-15(13)17(21)19-11-16(20)14-6-4-12(2)5-7-14/h4-10,16,20H,3,11H2,1-2H3,(H,19,21). The fraction of sp³-hybridized carbons (Fsp3) is 0.294. The monoisotopic (exact) mass is 284 g/mol. The van der Waals surface area contributed by atoms with E-state index < -0.39 is 6.10 Å². The minimum Gasteiger partial charge on any atom is -0.387 e. The Bertz CT molecular complexity index is 608. The summed E-state index contributed by atoms with van der Waals surface area (Å²) in [5, 5.41) is 12.9. The molecule has 0 fully saturated rings. The van der Waals surface area contributed by atoms with Gasteiger partial charge in [0, 0.05) is 24.5 Å². The van der Waals surface area contributed by atoms with E-state index in [0.717, 1.165) is 23.1 Å². The summed E-state index contributed by atoms with van der Waals surface area (Å²) in [6, 6.07) is 9.33. The minimum atomic E-state index is -0.707. The zero-order chi connectivity index (χ0) is 15.2. The third-order valence-corrected chi connectivity index (χ3v) is 3.45. The van der Waals surface area contributed by atoms with E-state index in [1.54, 1.807) is 18.5 Å². The molecular formula is C17H20N2O2. The van der Waals surface area contributed by atoms with Gasteiger partial charge in [-0.05, 0) is 30.5 Å². The predicted molar refractivity (Wildman–Crippen MR) is 82.1 cm³/mol. The molecule has 1 aromatic heterocycles. The van der Waals surface area contributed by atoms with Crippen molar-refractivity contribution >= 4 is 5.91 Å². The number of amides is 1. The minimum absolute atomic E-state index is 0.180. The zero-order valence-electron chi connectivity index (χ0n) is 12.3. The normalized spacial score (nSPS) is 12.0. The quantitative estimate of drug-likeness (QED) is 0.886. The number of carbonyl (C=O) groups excluding carboxylic acids is 1. The Hall–Kier alpha value is -2.20. The Morgan fingerprint density at radius 3 is 2.67 bits per heavy atom. The van der Waals surface area contributed by atoms with Crippen LogP contribution in [0.4, 0.5) is 0 Å². The molecular weight excluding hydrogens is 264 g/mol. The maximum Gasteiger partial charge on any atom is 0.251 e. The van der Waals surface area contributed by atoms with Gasteiger partial charge in [0.1, 0.15) is 0 Å². The average Bonchev–Trinajstić information content (AvgIpc) is 2.52. The highest BCUT2D eigenvalue weighted by molar-refractivity contribution is 5.95. The summed E-state index contributed by atoms with van der Waals surface area (Å²) < 4.78 is 0. The van der Waals surface area contributed by atoms with E-state index in [1.165, 1.54) is 0 Å². The predicted octanol–water partition coefficient (Wildman–Crippen LogP) is 2.42. The largest absolute Gasteiger partial charge is 0.387 e. The van der Waals surface area contributed by atoms with Crippen molar-refractivity contribution in [1.29, 1.82) is 0 Å². The second kappa shape index (κ2) is 6.99. The number of nitrogens with zero attached hydrogens (tertiary/aromatic N) is 1. The Labute approximate surface area is 124 Å². The maximum atomic E-state index is 12.2. The van der Waals surface area contributed by atoms with Gasteiger partial charge in [0.25, 0.3) is 5.91 Å². The van der Waals surface area contributed by atoms with Crippen molar-refractivity contribution in [3.05, 3.63) is 65.0 Å². The lowest BCUT2D eigenvalue weighted by molar-refractivity contribution is 0.0915. The molecule has 2 N–H and O–H groups in total. The van der Waals surface area contributed by atoms with E-state index in [1.807, 2.05) is 38.1 Å². The molecule has 1 amide bonds. The Balaban J connectivity index is 1.99. The molecule has 1 heterocycles. The highest BCUT2D eigenvalue weighted by atomic mass is 16.3. The molecule has 0 saturated heterocycles. The van der Waals surface area contributed by atoms with E-state index in [-0.39, 0.29) is 12.5 Å². The number of pyridine rings is 1. The van der Waals surface area contributed by atoms with E-state index in [9.17, 15) is 9.90 Å². The van der Waals surface area contributed by atoms with Crippen LogP contribution < -0.4 is 5.32 Å². The summed E-state index contributed by atoms with van der Waals surface area (Å²) in [5.74, 6) is -0.180. The van der Waals surface area contributed by atoms with Crippen LogP contribution in [0.1, 0.15) is 40.1 Å². The van der Waals surface area contributed by atoms with Gasteiger partial charge >= 0.3 is 0 Å². The van der Waals surface area contributed by atoms with Crippen LogP contribution in [-0.4, -0.2) is 22.5 Å². The van der Waals surface area contributed by atoms with Crippen LogP contribution in [0.15, 0.2) is 42.7 Å². The van der Waals surface area contributed by atoms with Crippen molar-refractivity contribution in [2.24, 2.45) is 0 Å². The molecule has 0 aliphatic carbocycles. The number of aryl methyl sites for hydroxylation is 2. The molecule has 2 rings (SSSR count). The molecule has 0 bridgehead atoms. The van der Waals surface area contributed by atoms with Crippen molar-refractivity contribution in [2.45, 2.75) is 26.4 Å². The molecule has 4 heteroatoms. The number of aliphatic hydroxyl groups excluding tert-OH is 1. The second-order valence-corrected chi connectivity index (χ2v) is 5.02. The number of carbonyl (C=O) groups is 1. The topological polar surface area (TPSA) is 62.2 Å². The van der Waals surface area contributed by atoms with Crippen molar-refractivity contribution in [2.75, 3.05) is 6.54 Å². The molecule has 110 valence electrons. The van der Waals surface area contributed by atoms with E-state index in [4.69, 9.17) is 0 Å². The lowest BCUT2D eigenvalue weighted by Crippen LogP contribution is -2.29. The summed E-state index contributed by atoms with van der Waals surface area (Å²) in [5.41, 5.74) is 3.45. The summed E-state index contributed by atoms with van der Waals surface area (Å²) in [7, 11) is 0. The number of benzene rings is 1. The van der Waals surface area contributed by atoms with Gasteiger partial charge in [0.2, 0.25) is 0 Å². The third kappa shape index (κ3) is 3.89. The summed E-state index contributed by atoms with van der Waals surface area (Å²) in [4.78, 5) is 16.2. The molecule has 1 aromatic carbocycles. The van der Waals surface area contributed by atoms with Crippen molar-refractivity contribution in [3.63, 3.8) is 0 Å². The van der Waals surface area contributed by atoms with Crippen LogP contribution in [0.3, 0.4) is 0 Å². The Morgan fingerprint density at radius 1 is 1.29 bits per heavy atom. The van der Waals surface area contributed by atoms with E-state index in [0.29, 0.717) is 5.56 Å². The van der Waals surface area contributed by atoms with Gasteiger partial charge in [-0.15, -0.1) is 0 Å². The Morgan fingerprint density at radius 2 is 2.00 bits per heavy atom. The van der Waals surface area contributed by atoms with Gasteiger partial charge in [0.05, 0.1) is 6.10 Å². The van der Waals surface area contributed by atoms with Gasteiger partial charge in [-0.1, -0.05) is 36.8 Å². The van der Waals surface area contributed by atoms with Crippen LogP contribution >= 0.6 is 0 Å². The van der Waals surface area contributed by atoms with Crippen LogP contribution in [0, 0.1) is 6.92 Å². The van der Waals surface area contributed by atoms with E-state index >= 15 is 0 Å². The first-order chi connectivity index (χ1) is 10.1. The second-order valence-electron chi connectivity index (χ2n) is 5.02. The van der Waals surface area contributed by atoms with Crippen LogP contribution in [0.25, 0.3) is 0 Å². The third-order valence-electron chi connectivity index (χ3n) is 3.45. The summed E-state index contributed by atoms with van der Waals surface area (Å²) in [6.45, 7) is 4.16. The number of nitrogens with one attached hydrogen (secondary N) is 1. The molecule has 0 saturated carbocycles. The van der Waals surface area contributed by atoms with Gasteiger partial charge < -0.3 is 10.4 Å². The molecule has 0 aliphatic heterocycles. The van der Waals surface area contributed by atoms with Gasteiger partial charge in [-0.25, -0.2) is 0 Å². The van der Waals surface area contributed by atoms with Crippen LogP contribution in [0.5, 0.6) is 0 Å². The molecule has 4 nitrogen and oxygen atoms in total. The number of hydrogen-bond acceptors (Lipinski definition) is 3. The first-order valence-corrected chi connectivity index (χ1v) is 7.07. The zero-order valence-corrected chi connectivity index (χ0v) is 12.3. The summed E-state index contributed by atoms with van der Waals surface area (Å²) in [6.07, 6.45) is 3.34. The van der Waals surface area contributed by atoms with Crippen LogP contribution in [0.2, 0.25) is 0 Å². The number of hydrogen-bond donors (Lipinski definition) is 2. The number of aliphatic hydroxyl groups is 1. The smallest absolute Gasteiger partial charge is 0.251 e. The molecule has 1 atom stereocenters. The molecule has 0 spiro atoms.